The Labute approximate surface area is 119 Å². The third-order valence-electron chi connectivity index (χ3n) is 3.63. The Morgan fingerprint density at radius 3 is 2.50 bits per heavy atom. The molecule has 0 radical (unpaired) electrons. The van der Waals surface area contributed by atoms with E-state index in [0.717, 1.165) is 44.6 Å². The number of halogens is 1. The maximum Gasteiger partial charge on any atom is 0.135 e. The van der Waals surface area contributed by atoms with E-state index >= 15 is 0 Å². The summed E-state index contributed by atoms with van der Waals surface area (Å²) in [6, 6.07) is 6.55. The first-order chi connectivity index (χ1) is 9.74. The lowest BCUT2D eigenvalue weighted by Crippen LogP contribution is -2.34. The van der Waals surface area contributed by atoms with Gasteiger partial charge in [-0.25, -0.2) is 4.39 Å². The molecule has 1 fully saturated rings. The number of carbonyl (C=O) groups is 1. The van der Waals surface area contributed by atoms with Crippen molar-refractivity contribution in [1.29, 1.82) is 0 Å². The quantitative estimate of drug-likeness (QED) is 0.718. The summed E-state index contributed by atoms with van der Waals surface area (Å²) in [5, 5.41) is 0. The Hall–Kier alpha value is -1.26. The van der Waals surface area contributed by atoms with Crippen LogP contribution in [0.1, 0.15) is 24.8 Å². The van der Waals surface area contributed by atoms with Gasteiger partial charge in [0.25, 0.3) is 0 Å². The molecule has 1 aliphatic rings. The minimum atomic E-state index is -0.199. The van der Waals surface area contributed by atoms with Crippen LogP contribution < -0.4 is 0 Å². The SMILES string of the molecule is O=C1CCN(CCCOCCc2ccc(F)cc2)CC1. The van der Waals surface area contributed by atoms with Crippen molar-refractivity contribution in [3.8, 4) is 0 Å². The molecule has 0 bridgehead atoms. The minimum absolute atomic E-state index is 0.199. The normalized spacial score (nSPS) is 16.6. The van der Waals surface area contributed by atoms with E-state index in [1.807, 2.05) is 0 Å². The van der Waals surface area contributed by atoms with Crippen molar-refractivity contribution in [1.82, 2.24) is 4.90 Å². The molecule has 0 amide bonds. The number of ether oxygens (including phenoxy) is 1. The molecular weight excluding hydrogens is 257 g/mol. The lowest BCUT2D eigenvalue weighted by Gasteiger charge is -2.25. The van der Waals surface area contributed by atoms with Crippen molar-refractivity contribution in [2.45, 2.75) is 25.7 Å². The first kappa shape index (κ1) is 15.1. The van der Waals surface area contributed by atoms with Gasteiger partial charge in [0.05, 0.1) is 6.61 Å². The van der Waals surface area contributed by atoms with Crippen LogP contribution in [-0.4, -0.2) is 43.5 Å². The van der Waals surface area contributed by atoms with Gasteiger partial charge in [0.1, 0.15) is 11.6 Å². The molecule has 0 unspecified atom stereocenters. The molecule has 0 atom stereocenters. The van der Waals surface area contributed by atoms with Gasteiger partial charge in [-0.15, -0.1) is 0 Å². The van der Waals surface area contributed by atoms with Crippen LogP contribution in [0.4, 0.5) is 4.39 Å². The molecule has 110 valence electrons. The number of Topliss-reactive ketones (excluding diaryl/α,β-unsaturated/α-hetero) is 1. The highest BCUT2D eigenvalue weighted by Gasteiger charge is 2.14. The number of rotatable bonds is 7. The number of benzene rings is 1. The third kappa shape index (κ3) is 5.39. The summed E-state index contributed by atoms with van der Waals surface area (Å²) in [7, 11) is 0. The first-order valence-corrected chi connectivity index (χ1v) is 7.30. The fraction of sp³-hybridized carbons (Fsp3) is 0.562. The maximum absolute atomic E-state index is 12.7. The van der Waals surface area contributed by atoms with E-state index < -0.39 is 0 Å². The van der Waals surface area contributed by atoms with Gasteiger partial charge in [-0.3, -0.25) is 4.79 Å². The third-order valence-corrected chi connectivity index (χ3v) is 3.63. The molecule has 1 saturated heterocycles. The number of carbonyl (C=O) groups excluding carboxylic acids is 1. The Kier molecular flexibility index (Phi) is 6.15. The van der Waals surface area contributed by atoms with E-state index in [4.69, 9.17) is 4.74 Å². The highest BCUT2D eigenvalue weighted by molar-refractivity contribution is 5.79. The van der Waals surface area contributed by atoms with Gasteiger partial charge in [-0.1, -0.05) is 12.1 Å². The van der Waals surface area contributed by atoms with Gasteiger partial charge >= 0.3 is 0 Å². The van der Waals surface area contributed by atoms with Crippen molar-refractivity contribution >= 4 is 5.78 Å². The Balaban J connectivity index is 1.49. The van der Waals surface area contributed by atoms with Gasteiger partial charge < -0.3 is 9.64 Å². The lowest BCUT2D eigenvalue weighted by atomic mass is 10.1. The molecule has 0 spiro atoms. The summed E-state index contributed by atoms with van der Waals surface area (Å²) in [5.74, 6) is 0.187. The van der Waals surface area contributed by atoms with E-state index in [1.165, 1.54) is 12.1 Å². The molecule has 2 rings (SSSR count). The average Bonchev–Trinajstić information content (AvgIpc) is 2.46. The predicted molar refractivity (Wildman–Crippen MR) is 76.2 cm³/mol. The van der Waals surface area contributed by atoms with Crippen molar-refractivity contribution in [3.05, 3.63) is 35.6 Å². The van der Waals surface area contributed by atoms with Crippen LogP contribution in [0.3, 0.4) is 0 Å². The Bertz CT molecular complexity index is 409. The van der Waals surface area contributed by atoms with Crippen LogP contribution in [0, 0.1) is 5.82 Å². The number of hydrogen-bond donors (Lipinski definition) is 0. The zero-order chi connectivity index (χ0) is 14.2. The van der Waals surface area contributed by atoms with Crippen molar-refractivity contribution in [2.75, 3.05) is 32.8 Å². The van der Waals surface area contributed by atoms with Crippen molar-refractivity contribution in [2.24, 2.45) is 0 Å². The van der Waals surface area contributed by atoms with Gasteiger partial charge in [0, 0.05) is 39.1 Å². The standard InChI is InChI=1S/C16H22FNO2/c17-15-4-2-14(3-5-15)8-13-20-12-1-9-18-10-6-16(19)7-11-18/h2-5H,1,6-13H2. The molecular formula is C16H22FNO2. The fourth-order valence-electron chi connectivity index (χ4n) is 2.36. The molecule has 1 aromatic carbocycles. The van der Waals surface area contributed by atoms with Crippen LogP contribution in [0.5, 0.6) is 0 Å². The molecule has 1 aliphatic heterocycles. The second kappa shape index (κ2) is 8.12. The van der Waals surface area contributed by atoms with Crippen LogP contribution in [-0.2, 0) is 16.0 Å². The molecule has 1 heterocycles. The van der Waals surface area contributed by atoms with Crippen molar-refractivity contribution < 1.29 is 13.9 Å². The smallest absolute Gasteiger partial charge is 0.135 e. The molecule has 0 saturated carbocycles. The van der Waals surface area contributed by atoms with Gasteiger partial charge in [0.2, 0.25) is 0 Å². The topological polar surface area (TPSA) is 29.5 Å². The molecule has 0 N–H and O–H groups in total. The second-order valence-corrected chi connectivity index (χ2v) is 5.22. The van der Waals surface area contributed by atoms with E-state index in [2.05, 4.69) is 4.90 Å². The molecule has 4 heteroatoms. The van der Waals surface area contributed by atoms with Crippen LogP contribution >= 0.6 is 0 Å². The number of nitrogens with zero attached hydrogens (tertiary/aromatic N) is 1. The van der Waals surface area contributed by atoms with E-state index in [1.54, 1.807) is 12.1 Å². The summed E-state index contributed by atoms with van der Waals surface area (Å²) in [6.07, 6.45) is 3.22. The maximum atomic E-state index is 12.7. The summed E-state index contributed by atoms with van der Waals surface area (Å²) >= 11 is 0. The Morgan fingerprint density at radius 1 is 1.10 bits per heavy atom. The molecule has 0 aliphatic carbocycles. The molecule has 20 heavy (non-hydrogen) atoms. The summed E-state index contributed by atoms with van der Waals surface area (Å²) in [6.45, 7) is 4.21. The zero-order valence-electron chi connectivity index (χ0n) is 11.8. The zero-order valence-corrected chi connectivity index (χ0v) is 11.8. The van der Waals surface area contributed by atoms with E-state index in [-0.39, 0.29) is 5.82 Å². The van der Waals surface area contributed by atoms with E-state index in [9.17, 15) is 9.18 Å². The monoisotopic (exact) mass is 279 g/mol. The fourth-order valence-corrected chi connectivity index (χ4v) is 2.36. The summed E-state index contributed by atoms with van der Waals surface area (Å²) in [5.41, 5.74) is 1.10. The number of hydrogen-bond acceptors (Lipinski definition) is 3. The van der Waals surface area contributed by atoms with Gasteiger partial charge in [-0.05, 0) is 30.5 Å². The van der Waals surface area contributed by atoms with Crippen LogP contribution in [0.25, 0.3) is 0 Å². The number of likely N-dealkylation sites (tertiary alicyclic amines) is 1. The predicted octanol–water partition coefficient (Wildman–Crippen LogP) is 2.44. The molecule has 0 aromatic heterocycles. The van der Waals surface area contributed by atoms with E-state index in [0.29, 0.717) is 25.2 Å². The van der Waals surface area contributed by atoms with Gasteiger partial charge in [-0.2, -0.15) is 0 Å². The van der Waals surface area contributed by atoms with Crippen LogP contribution in [0.15, 0.2) is 24.3 Å². The molecule has 1 aromatic rings. The highest BCUT2D eigenvalue weighted by atomic mass is 19.1. The van der Waals surface area contributed by atoms with Crippen molar-refractivity contribution in [3.63, 3.8) is 0 Å². The first-order valence-electron chi connectivity index (χ1n) is 7.30. The molecule has 3 nitrogen and oxygen atoms in total. The summed E-state index contributed by atoms with van der Waals surface area (Å²) < 4.78 is 18.3. The van der Waals surface area contributed by atoms with Crippen LogP contribution in [0.2, 0.25) is 0 Å². The second-order valence-electron chi connectivity index (χ2n) is 5.22. The number of piperidine rings is 1. The summed E-state index contributed by atoms with van der Waals surface area (Å²) in [4.78, 5) is 13.4. The highest BCUT2D eigenvalue weighted by Crippen LogP contribution is 2.06. The average molecular weight is 279 g/mol. The Morgan fingerprint density at radius 2 is 1.80 bits per heavy atom. The minimum Gasteiger partial charge on any atom is -0.381 e. The number of ketones is 1. The lowest BCUT2D eigenvalue weighted by molar-refractivity contribution is -0.121. The van der Waals surface area contributed by atoms with Gasteiger partial charge in [0.15, 0.2) is 0 Å². The largest absolute Gasteiger partial charge is 0.381 e.